The molecule has 6 nitrogen and oxygen atoms in total. The summed E-state index contributed by atoms with van der Waals surface area (Å²) in [5.41, 5.74) is 1.99. The van der Waals surface area contributed by atoms with Crippen LogP contribution in [0.1, 0.15) is 12.0 Å². The smallest absolute Gasteiger partial charge is 0.203 e. The molecule has 1 saturated heterocycles. The second-order valence-corrected chi connectivity index (χ2v) is 6.99. The van der Waals surface area contributed by atoms with Gasteiger partial charge < -0.3 is 4.90 Å². The molecule has 0 atom stereocenters. The van der Waals surface area contributed by atoms with Gasteiger partial charge >= 0.3 is 0 Å². The SMILES string of the molecule is Clc1ccc(CN2CCCN(c3nccn4cnnc34)CC2)cc1Cl. The summed E-state index contributed by atoms with van der Waals surface area (Å²) in [4.78, 5) is 9.25. The average molecular weight is 377 g/mol. The lowest BCUT2D eigenvalue weighted by atomic mass is 10.2. The van der Waals surface area contributed by atoms with Gasteiger partial charge in [0.1, 0.15) is 6.33 Å². The molecule has 8 heteroatoms. The first kappa shape index (κ1) is 16.6. The Morgan fingerprint density at radius 2 is 1.96 bits per heavy atom. The van der Waals surface area contributed by atoms with Crippen molar-refractivity contribution in [2.45, 2.75) is 13.0 Å². The minimum atomic E-state index is 0.597. The molecule has 1 aliphatic rings. The summed E-state index contributed by atoms with van der Waals surface area (Å²) in [6.07, 6.45) is 6.43. The van der Waals surface area contributed by atoms with Crippen molar-refractivity contribution in [3.8, 4) is 0 Å². The van der Waals surface area contributed by atoms with Crippen LogP contribution in [0.5, 0.6) is 0 Å². The van der Waals surface area contributed by atoms with Crippen LogP contribution in [-0.4, -0.2) is 50.7 Å². The third kappa shape index (κ3) is 3.56. The van der Waals surface area contributed by atoms with Crippen LogP contribution >= 0.6 is 23.2 Å². The average Bonchev–Trinajstić information content (AvgIpc) is 2.98. The number of hydrogen-bond donors (Lipinski definition) is 0. The van der Waals surface area contributed by atoms with Gasteiger partial charge in [0.2, 0.25) is 5.65 Å². The zero-order valence-electron chi connectivity index (χ0n) is 13.6. The van der Waals surface area contributed by atoms with Gasteiger partial charge in [0.15, 0.2) is 5.82 Å². The molecule has 25 heavy (non-hydrogen) atoms. The van der Waals surface area contributed by atoms with Crippen molar-refractivity contribution >= 4 is 34.7 Å². The summed E-state index contributed by atoms with van der Waals surface area (Å²) in [6.45, 7) is 4.72. The van der Waals surface area contributed by atoms with Crippen LogP contribution < -0.4 is 4.90 Å². The maximum Gasteiger partial charge on any atom is 0.203 e. The minimum absolute atomic E-state index is 0.597. The molecular weight excluding hydrogens is 359 g/mol. The van der Waals surface area contributed by atoms with Crippen molar-refractivity contribution in [2.75, 3.05) is 31.1 Å². The lowest BCUT2D eigenvalue weighted by Gasteiger charge is -2.23. The van der Waals surface area contributed by atoms with Gasteiger partial charge in [0.25, 0.3) is 0 Å². The van der Waals surface area contributed by atoms with Crippen LogP contribution in [0.15, 0.2) is 36.9 Å². The molecule has 4 rings (SSSR count). The van der Waals surface area contributed by atoms with E-state index in [0.29, 0.717) is 10.0 Å². The van der Waals surface area contributed by atoms with Crippen LogP contribution in [0.25, 0.3) is 5.65 Å². The lowest BCUT2D eigenvalue weighted by molar-refractivity contribution is 0.285. The van der Waals surface area contributed by atoms with E-state index in [9.17, 15) is 0 Å². The topological polar surface area (TPSA) is 49.6 Å². The Morgan fingerprint density at radius 3 is 2.84 bits per heavy atom. The summed E-state index contributed by atoms with van der Waals surface area (Å²) in [6, 6.07) is 5.85. The Bertz CT molecular complexity index is 880. The molecule has 1 fully saturated rings. The number of fused-ring (bicyclic) bond motifs is 1. The first-order valence-corrected chi connectivity index (χ1v) is 9.02. The molecule has 1 aromatic carbocycles. The highest BCUT2D eigenvalue weighted by atomic mass is 35.5. The van der Waals surface area contributed by atoms with E-state index in [1.54, 1.807) is 12.5 Å². The second kappa shape index (κ2) is 7.15. The molecule has 0 radical (unpaired) electrons. The molecule has 0 N–H and O–H groups in total. The van der Waals surface area contributed by atoms with Gasteiger partial charge in [-0.25, -0.2) is 4.98 Å². The van der Waals surface area contributed by atoms with Crippen molar-refractivity contribution < 1.29 is 0 Å². The van der Waals surface area contributed by atoms with E-state index in [1.165, 1.54) is 5.56 Å². The standard InChI is InChI=1S/C17H18Cl2N6/c18-14-3-2-13(10-15(14)19)11-23-5-1-6-24(9-8-23)16-17-22-21-12-25(17)7-4-20-16/h2-4,7,10,12H,1,5-6,8-9,11H2. The van der Waals surface area contributed by atoms with Gasteiger partial charge in [-0.1, -0.05) is 29.3 Å². The Morgan fingerprint density at radius 1 is 1.04 bits per heavy atom. The van der Waals surface area contributed by atoms with Gasteiger partial charge in [-0.2, -0.15) is 0 Å². The third-order valence-corrected chi connectivity index (χ3v) is 5.21. The molecule has 0 aliphatic carbocycles. The first-order valence-electron chi connectivity index (χ1n) is 8.26. The quantitative estimate of drug-likeness (QED) is 0.702. The fourth-order valence-corrected chi connectivity index (χ4v) is 3.53. The molecule has 3 heterocycles. The van der Waals surface area contributed by atoms with Gasteiger partial charge in [-0.05, 0) is 24.1 Å². The van der Waals surface area contributed by atoms with Gasteiger partial charge in [0, 0.05) is 45.1 Å². The summed E-state index contributed by atoms with van der Waals surface area (Å²) >= 11 is 12.1. The number of aromatic nitrogens is 4. The highest BCUT2D eigenvalue weighted by Crippen LogP contribution is 2.24. The molecule has 0 unspecified atom stereocenters. The van der Waals surface area contributed by atoms with E-state index >= 15 is 0 Å². The fraction of sp³-hybridized carbons (Fsp3) is 0.353. The summed E-state index contributed by atoms with van der Waals surface area (Å²) in [5, 5.41) is 9.38. The van der Waals surface area contributed by atoms with Crippen molar-refractivity contribution in [1.29, 1.82) is 0 Å². The van der Waals surface area contributed by atoms with Crippen LogP contribution in [0.4, 0.5) is 5.82 Å². The Labute approximate surface area is 156 Å². The number of nitrogens with zero attached hydrogens (tertiary/aromatic N) is 6. The Balaban J connectivity index is 1.46. The lowest BCUT2D eigenvalue weighted by Crippen LogP contribution is -2.31. The highest BCUT2D eigenvalue weighted by molar-refractivity contribution is 6.42. The molecule has 0 spiro atoms. The van der Waals surface area contributed by atoms with Crippen LogP contribution in [0.3, 0.4) is 0 Å². The molecular formula is C17H18Cl2N6. The summed E-state index contributed by atoms with van der Waals surface area (Å²) < 4.78 is 1.90. The van der Waals surface area contributed by atoms with E-state index < -0.39 is 0 Å². The second-order valence-electron chi connectivity index (χ2n) is 6.18. The van der Waals surface area contributed by atoms with Gasteiger partial charge in [0.05, 0.1) is 10.0 Å². The fourth-order valence-electron chi connectivity index (χ4n) is 3.21. The van der Waals surface area contributed by atoms with Gasteiger partial charge in [-0.15, -0.1) is 10.2 Å². The van der Waals surface area contributed by atoms with Crippen molar-refractivity contribution in [1.82, 2.24) is 24.5 Å². The minimum Gasteiger partial charge on any atom is -0.352 e. The molecule has 130 valence electrons. The molecule has 2 aromatic heterocycles. The van der Waals surface area contributed by atoms with Gasteiger partial charge in [-0.3, -0.25) is 9.30 Å². The number of rotatable bonds is 3. The zero-order valence-corrected chi connectivity index (χ0v) is 15.2. The van der Waals surface area contributed by atoms with Crippen LogP contribution in [0.2, 0.25) is 10.0 Å². The Kier molecular flexibility index (Phi) is 4.74. The van der Waals surface area contributed by atoms with E-state index in [2.05, 4.69) is 25.0 Å². The highest BCUT2D eigenvalue weighted by Gasteiger charge is 2.19. The molecule has 0 amide bonds. The predicted molar refractivity (Wildman–Crippen MR) is 99.4 cm³/mol. The van der Waals surface area contributed by atoms with Crippen molar-refractivity contribution in [2.24, 2.45) is 0 Å². The van der Waals surface area contributed by atoms with E-state index in [-0.39, 0.29) is 0 Å². The van der Waals surface area contributed by atoms with E-state index in [0.717, 1.165) is 50.6 Å². The summed E-state index contributed by atoms with van der Waals surface area (Å²) in [7, 11) is 0. The number of anilines is 1. The van der Waals surface area contributed by atoms with Crippen molar-refractivity contribution in [3.63, 3.8) is 0 Å². The predicted octanol–water partition coefficient (Wildman–Crippen LogP) is 3.14. The van der Waals surface area contributed by atoms with Crippen molar-refractivity contribution in [3.05, 3.63) is 52.5 Å². The largest absolute Gasteiger partial charge is 0.352 e. The zero-order chi connectivity index (χ0) is 17.2. The van der Waals surface area contributed by atoms with E-state index in [4.69, 9.17) is 23.2 Å². The normalized spacial score (nSPS) is 16.3. The molecule has 0 saturated carbocycles. The maximum atomic E-state index is 6.13. The number of benzene rings is 1. The monoisotopic (exact) mass is 376 g/mol. The first-order chi connectivity index (χ1) is 12.2. The Hall–Kier alpha value is -1.89. The summed E-state index contributed by atoms with van der Waals surface area (Å²) in [5.74, 6) is 0.899. The van der Waals surface area contributed by atoms with Crippen LogP contribution in [-0.2, 0) is 6.54 Å². The maximum absolute atomic E-state index is 6.13. The van der Waals surface area contributed by atoms with E-state index in [1.807, 2.05) is 28.8 Å². The molecule has 1 aliphatic heterocycles. The molecule has 3 aromatic rings. The van der Waals surface area contributed by atoms with Crippen LogP contribution in [0, 0.1) is 0 Å². The molecule has 0 bridgehead atoms. The third-order valence-electron chi connectivity index (χ3n) is 4.48. The number of halogens is 2. The number of hydrogen-bond acceptors (Lipinski definition) is 5.